The predicted molar refractivity (Wildman–Crippen MR) is 57.9 cm³/mol. The lowest BCUT2D eigenvalue weighted by molar-refractivity contribution is 0.570. The molecule has 0 fully saturated rings. The summed E-state index contributed by atoms with van der Waals surface area (Å²) in [5.74, 6) is 0.720. The van der Waals surface area contributed by atoms with E-state index in [1.807, 2.05) is 42.3 Å². The van der Waals surface area contributed by atoms with Crippen LogP contribution in [0.15, 0.2) is 47.1 Å². The second kappa shape index (κ2) is 3.89. The highest BCUT2D eigenvalue weighted by atomic mass is 16.3. The summed E-state index contributed by atoms with van der Waals surface area (Å²) in [4.78, 5) is 1.85. The van der Waals surface area contributed by atoms with E-state index in [0.717, 1.165) is 11.6 Å². The predicted octanol–water partition coefficient (Wildman–Crippen LogP) is 2.92. The van der Waals surface area contributed by atoms with Crippen LogP contribution < -0.4 is 4.90 Å². The third-order valence-electron chi connectivity index (χ3n) is 2.22. The standard InChI is InChI=1S/C12H10N2O/c1-14(12-7-4-8-15-12)11-6-3-2-5-10(11)9-13/h2-8H,1H3. The molecule has 0 aliphatic heterocycles. The molecule has 2 rings (SSSR count). The van der Waals surface area contributed by atoms with Crippen molar-refractivity contribution in [2.24, 2.45) is 0 Å². The second-order valence-electron chi connectivity index (χ2n) is 3.14. The normalized spacial score (nSPS) is 9.60. The maximum Gasteiger partial charge on any atom is 0.199 e. The van der Waals surface area contributed by atoms with Crippen LogP contribution in [0.4, 0.5) is 11.6 Å². The van der Waals surface area contributed by atoms with Crippen molar-refractivity contribution in [2.75, 3.05) is 11.9 Å². The van der Waals surface area contributed by atoms with Gasteiger partial charge in [-0.15, -0.1) is 0 Å². The summed E-state index contributed by atoms with van der Waals surface area (Å²) < 4.78 is 5.27. The Labute approximate surface area is 88.2 Å². The van der Waals surface area contributed by atoms with Crippen molar-refractivity contribution in [1.29, 1.82) is 5.26 Å². The third-order valence-corrected chi connectivity index (χ3v) is 2.22. The molecule has 1 heterocycles. The van der Waals surface area contributed by atoms with E-state index < -0.39 is 0 Å². The van der Waals surface area contributed by atoms with Crippen LogP contribution in [0.3, 0.4) is 0 Å². The Morgan fingerprint density at radius 3 is 2.67 bits per heavy atom. The monoisotopic (exact) mass is 198 g/mol. The molecule has 1 aromatic carbocycles. The first kappa shape index (κ1) is 9.35. The zero-order chi connectivity index (χ0) is 10.7. The van der Waals surface area contributed by atoms with E-state index in [1.54, 1.807) is 12.3 Å². The summed E-state index contributed by atoms with van der Waals surface area (Å²) in [6, 6.07) is 13.3. The van der Waals surface area contributed by atoms with Crippen molar-refractivity contribution in [2.45, 2.75) is 0 Å². The van der Waals surface area contributed by atoms with Crippen LogP contribution in [0.25, 0.3) is 0 Å². The van der Waals surface area contributed by atoms with Gasteiger partial charge in [-0.2, -0.15) is 5.26 Å². The fraction of sp³-hybridized carbons (Fsp3) is 0.0833. The number of furan rings is 1. The van der Waals surface area contributed by atoms with Crippen LogP contribution >= 0.6 is 0 Å². The van der Waals surface area contributed by atoms with Crippen molar-refractivity contribution in [3.63, 3.8) is 0 Å². The van der Waals surface area contributed by atoms with Crippen molar-refractivity contribution in [3.8, 4) is 6.07 Å². The van der Waals surface area contributed by atoms with Crippen molar-refractivity contribution >= 4 is 11.6 Å². The number of hydrogen-bond acceptors (Lipinski definition) is 3. The topological polar surface area (TPSA) is 40.2 Å². The SMILES string of the molecule is CN(c1ccco1)c1ccccc1C#N. The molecule has 0 aliphatic rings. The molecule has 0 unspecified atom stereocenters. The van der Waals surface area contributed by atoms with Crippen molar-refractivity contribution in [3.05, 3.63) is 48.2 Å². The van der Waals surface area contributed by atoms with Crippen LogP contribution in [0, 0.1) is 11.3 Å². The highest BCUT2D eigenvalue weighted by Crippen LogP contribution is 2.26. The van der Waals surface area contributed by atoms with Crippen LogP contribution in [0.5, 0.6) is 0 Å². The van der Waals surface area contributed by atoms with Crippen LogP contribution in [-0.2, 0) is 0 Å². The zero-order valence-corrected chi connectivity index (χ0v) is 8.34. The van der Waals surface area contributed by atoms with Gasteiger partial charge < -0.3 is 9.32 Å². The van der Waals surface area contributed by atoms with Gasteiger partial charge in [0.1, 0.15) is 6.07 Å². The number of anilines is 2. The molecule has 0 aliphatic carbocycles. The maximum absolute atomic E-state index is 8.96. The van der Waals surface area contributed by atoms with E-state index in [1.165, 1.54) is 0 Å². The summed E-state index contributed by atoms with van der Waals surface area (Å²) in [5, 5.41) is 8.96. The molecule has 0 spiro atoms. The van der Waals surface area contributed by atoms with E-state index >= 15 is 0 Å². The molecule has 2 aromatic rings. The minimum Gasteiger partial charge on any atom is -0.448 e. The zero-order valence-electron chi connectivity index (χ0n) is 8.34. The first-order valence-electron chi connectivity index (χ1n) is 4.59. The van der Waals surface area contributed by atoms with Crippen molar-refractivity contribution in [1.82, 2.24) is 0 Å². The number of benzene rings is 1. The summed E-state index contributed by atoms with van der Waals surface area (Å²) in [5.41, 5.74) is 1.48. The van der Waals surface area contributed by atoms with Gasteiger partial charge in [0.05, 0.1) is 17.5 Å². The van der Waals surface area contributed by atoms with Crippen LogP contribution in [-0.4, -0.2) is 7.05 Å². The molecule has 0 radical (unpaired) electrons. The minimum atomic E-state index is 0.636. The summed E-state index contributed by atoms with van der Waals surface area (Å²) in [7, 11) is 1.87. The molecule has 0 N–H and O–H groups in total. The lowest BCUT2D eigenvalue weighted by Crippen LogP contribution is -2.09. The first-order chi connectivity index (χ1) is 7.33. The Morgan fingerprint density at radius 2 is 2.00 bits per heavy atom. The molecule has 74 valence electrons. The minimum absolute atomic E-state index is 0.636. The number of nitriles is 1. The average molecular weight is 198 g/mol. The lowest BCUT2D eigenvalue weighted by atomic mass is 10.2. The van der Waals surface area contributed by atoms with Gasteiger partial charge in [0, 0.05) is 13.1 Å². The number of nitrogens with zero attached hydrogens (tertiary/aromatic N) is 2. The van der Waals surface area contributed by atoms with Crippen LogP contribution in [0.1, 0.15) is 5.56 Å². The summed E-state index contributed by atoms with van der Waals surface area (Å²) in [6.07, 6.45) is 1.61. The Morgan fingerprint density at radius 1 is 1.20 bits per heavy atom. The Hall–Kier alpha value is -2.21. The molecule has 3 nitrogen and oxygen atoms in total. The summed E-state index contributed by atoms with van der Waals surface area (Å²) >= 11 is 0. The summed E-state index contributed by atoms with van der Waals surface area (Å²) in [6.45, 7) is 0. The maximum atomic E-state index is 8.96. The van der Waals surface area contributed by atoms with E-state index in [9.17, 15) is 0 Å². The molecule has 15 heavy (non-hydrogen) atoms. The van der Waals surface area contributed by atoms with E-state index in [4.69, 9.17) is 9.68 Å². The van der Waals surface area contributed by atoms with Crippen LogP contribution in [0.2, 0.25) is 0 Å². The van der Waals surface area contributed by atoms with Gasteiger partial charge in [0.15, 0.2) is 5.88 Å². The Bertz CT molecular complexity index is 483. The molecule has 1 aromatic heterocycles. The second-order valence-corrected chi connectivity index (χ2v) is 3.14. The fourth-order valence-corrected chi connectivity index (χ4v) is 1.44. The lowest BCUT2D eigenvalue weighted by Gasteiger charge is -2.16. The van der Waals surface area contributed by atoms with Gasteiger partial charge in [-0.3, -0.25) is 0 Å². The largest absolute Gasteiger partial charge is 0.448 e. The highest BCUT2D eigenvalue weighted by molar-refractivity contribution is 5.65. The van der Waals surface area contributed by atoms with Gasteiger partial charge in [-0.25, -0.2) is 0 Å². The van der Waals surface area contributed by atoms with Gasteiger partial charge in [-0.1, -0.05) is 12.1 Å². The smallest absolute Gasteiger partial charge is 0.199 e. The molecule has 0 saturated carbocycles. The molecular formula is C12H10N2O. The fourth-order valence-electron chi connectivity index (χ4n) is 1.44. The molecule has 0 atom stereocenters. The van der Waals surface area contributed by atoms with Gasteiger partial charge in [0.25, 0.3) is 0 Å². The molecule has 3 heteroatoms. The highest BCUT2D eigenvalue weighted by Gasteiger charge is 2.09. The third kappa shape index (κ3) is 1.70. The quantitative estimate of drug-likeness (QED) is 0.744. The molecule has 0 saturated heterocycles. The van der Waals surface area contributed by atoms with E-state index in [2.05, 4.69) is 6.07 Å². The number of para-hydroxylation sites is 1. The first-order valence-corrected chi connectivity index (χ1v) is 4.59. The van der Waals surface area contributed by atoms with Gasteiger partial charge in [0.2, 0.25) is 0 Å². The number of hydrogen-bond donors (Lipinski definition) is 0. The average Bonchev–Trinajstić information content (AvgIpc) is 2.81. The Kier molecular flexibility index (Phi) is 2.42. The molecule has 0 amide bonds. The van der Waals surface area contributed by atoms with Crippen molar-refractivity contribution < 1.29 is 4.42 Å². The Balaban J connectivity index is 2.42. The van der Waals surface area contributed by atoms with E-state index in [-0.39, 0.29) is 0 Å². The van der Waals surface area contributed by atoms with E-state index in [0.29, 0.717) is 5.56 Å². The molecule has 0 bridgehead atoms. The molecular weight excluding hydrogens is 188 g/mol. The van der Waals surface area contributed by atoms with Gasteiger partial charge >= 0.3 is 0 Å². The number of rotatable bonds is 2. The van der Waals surface area contributed by atoms with Gasteiger partial charge in [-0.05, 0) is 18.2 Å².